The topological polar surface area (TPSA) is 32.3 Å². The van der Waals surface area contributed by atoms with Crippen molar-refractivity contribution in [2.45, 2.75) is 32.2 Å². The van der Waals surface area contributed by atoms with E-state index in [2.05, 4.69) is 36.5 Å². The van der Waals surface area contributed by atoms with Crippen LogP contribution in [0.15, 0.2) is 24.3 Å². The summed E-state index contributed by atoms with van der Waals surface area (Å²) in [4.78, 5) is 13.6. The molecule has 0 aliphatic heterocycles. The third kappa shape index (κ3) is 4.15. The molecular weight excluding hydrogens is 224 g/mol. The van der Waals surface area contributed by atoms with Gasteiger partial charge in [0.25, 0.3) is 0 Å². The van der Waals surface area contributed by atoms with Crippen LogP contribution in [0.4, 0.5) is 0 Å². The molecule has 0 saturated heterocycles. The first-order valence-corrected chi connectivity index (χ1v) is 6.68. The van der Waals surface area contributed by atoms with Crippen LogP contribution in [0.2, 0.25) is 0 Å². The van der Waals surface area contributed by atoms with Gasteiger partial charge >= 0.3 is 0 Å². The van der Waals surface area contributed by atoms with Crippen LogP contribution in [0.3, 0.4) is 0 Å². The van der Waals surface area contributed by atoms with Crippen molar-refractivity contribution in [2.75, 3.05) is 20.1 Å². The van der Waals surface area contributed by atoms with Crippen molar-refractivity contribution in [2.24, 2.45) is 0 Å². The van der Waals surface area contributed by atoms with Gasteiger partial charge in [-0.1, -0.05) is 29.8 Å². The molecule has 0 heterocycles. The highest BCUT2D eigenvalue weighted by atomic mass is 16.2. The Kier molecular flexibility index (Phi) is 4.37. The Morgan fingerprint density at radius 3 is 2.61 bits per heavy atom. The van der Waals surface area contributed by atoms with Crippen molar-refractivity contribution in [1.29, 1.82) is 0 Å². The lowest BCUT2D eigenvalue weighted by Gasteiger charge is -2.17. The first kappa shape index (κ1) is 13.1. The van der Waals surface area contributed by atoms with Gasteiger partial charge in [0.2, 0.25) is 5.91 Å². The maximum Gasteiger partial charge on any atom is 0.236 e. The van der Waals surface area contributed by atoms with E-state index in [1.807, 2.05) is 11.9 Å². The third-order valence-corrected chi connectivity index (χ3v) is 3.40. The molecule has 3 heteroatoms. The Bertz CT molecular complexity index is 395. The second-order valence-electron chi connectivity index (χ2n) is 5.21. The van der Waals surface area contributed by atoms with E-state index in [0.29, 0.717) is 12.6 Å². The van der Waals surface area contributed by atoms with Crippen molar-refractivity contribution < 1.29 is 4.79 Å². The second kappa shape index (κ2) is 6.01. The predicted molar refractivity (Wildman–Crippen MR) is 73.5 cm³/mol. The highest BCUT2D eigenvalue weighted by Crippen LogP contribution is 2.18. The molecule has 2 rings (SSSR count). The van der Waals surface area contributed by atoms with E-state index < -0.39 is 0 Å². The number of nitrogens with zero attached hydrogens (tertiary/aromatic N) is 1. The van der Waals surface area contributed by atoms with Gasteiger partial charge in [0, 0.05) is 19.6 Å². The van der Waals surface area contributed by atoms with Gasteiger partial charge in [-0.2, -0.15) is 0 Å². The molecule has 1 aliphatic rings. The van der Waals surface area contributed by atoms with Gasteiger partial charge in [-0.3, -0.25) is 4.79 Å². The first-order valence-electron chi connectivity index (χ1n) is 6.68. The van der Waals surface area contributed by atoms with E-state index in [1.54, 1.807) is 0 Å². The summed E-state index contributed by atoms with van der Waals surface area (Å²) >= 11 is 0. The van der Waals surface area contributed by atoms with Crippen LogP contribution < -0.4 is 5.32 Å². The summed E-state index contributed by atoms with van der Waals surface area (Å²) in [5.74, 6) is 0.189. The number of hydrogen-bond acceptors (Lipinski definition) is 2. The van der Waals surface area contributed by atoms with Crippen LogP contribution in [-0.4, -0.2) is 37.0 Å². The molecule has 1 amide bonds. The van der Waals surface area contributed by atoms with Crippen molar-refractivity contribution >= 4 is 5.91 Å². The standard InChI is InChI=1S/C15H22N2O/c1-12-3-5-13(6-4-12)9-10-17(2)15(18)11-16-14-7-8-14/h3-6,14,16H,7-11H2,1-2H3. The van der Waals surface area contributed by atoms with Crippen molar-refractivity contribution in [3.8, 4) is 0 Å². The smallest absolute Gasteiger partial charge is 0.236 e. The zero-order valence-electron chi connectivity index (χ0n) is 11.3. The lowest BCUT2D eigenvalue weighted by atomic mass is 10.1. The summed E-state index contributed by atoms with van der Waals surface area (Å²) in [6.07, 6.45) is 3.37. The molecule has 0 unspecified atom stereocenters. The Labute approximate surface area is 109 Å². The number of amides is 1. The average Bonchev–Trinajstić information content (AvgIpc) is 3.19. The monoisotopic (exact) mass is 246 g/mol. The number of nitrogens with one attached hydrogen (secondary N) is 1. The van der Waals surface area contributed by atoms with Gasteiger partial charge in [0.05, 0.1) is 6.54 Å². The summed E-state index contributed by atoms with van der Waals surface area (Å²) in [6.45, 7) is 3.35. The average molecular weight is 246 g/mol. The fraction of sp³-hybridized carbons (Fsp3) is 0.533. The third-order valence-electron chi connectivity index (χ3n) is 3.40. The zero-order chi connectivity index (χ0) is 13.0. The summed E-state index contributed by atoms with van der Waals surface area (Å²) in [5, 5.41) is 3.25. The summed E-state index contributed by atoms with van der Waals surface area (Å²) in [6, 6.07) is 9.10. The van der Waals surface area contributed by atoms with Gasteiger partial charge in [-0.15, -0.1) is 0 Å². The van der Waals surface area contributed by atoms with Gasteiger partial charge in [0.1, 0.15) is 0 Å². The molecule has 1 aromatic rings. The van der Waals surface area contributed by atoms with E-state index >= 15 is 0 Å². The van der Waals surface area contributed by atoms with Crippen LogP contribution in [-0.2, 0) is 11.2 Å². The second-order valence-corrected chi connectivity index (χ2v) is 5.21. The Morgan fingerprint density at radius 2 is 2.00 bits per heavy atom. The van der Waals surface area contributed by atoms with Crippen LogP contribution in [0, 0.1) is 6.92 Å². The molecule has 0 aromatic heterocycles. The molecule has 3 nitrogen and oxygen atoms in total. The molecule has 0 bridgehead atoms. The highest BCUT2D eigenvalue weighted by Gasteiger charge is 2.21. The Morgan fingerprint density at radius 1 is 1.33 bits per heavy atom. The molecule has 0 atom stereocenters. The summed E-state index contributed by atoms with van der Waals surface area (Å²) in [5.41, 5.74) is 2.56. The number of rotatable bonds is 6. The van der Waals surface area contributed by atoms with Gasteiger partial charge in [-0.05, 0) is 31.7 Å². The maximum absolute atomic E-state index is 11.8. The summed E-state index contributed by atoms with van der Waals surface area (Å²) < 4.78 is 0. The molecule has 1 aliphatic carbocycles. The first-order chi connectivity index (χ1) is 8.65. The van der Waals surface area contributed by atoms with Crippen LogP contribution in [0.1, 0.15) is 24.0 Å². The van der Waals surface area contributed by atoms with E-state index in [1.165, 1.54) is 24.0 Å². The van der Waals surface area contributed by atoms with Crippen LogP contribution in [0.5, 0.6) is 0 Å². The van der Waals surface area contributed by atoms with Gasteiger partial charge in [-0.25, -0.2) is 0 Å². The Balaban J connectivity index is 1.70. The number of benzene rings is 1. The fourth-order valence-corrected chi connectivity index (χ4v) is 1.83. The van der Waals surface area contributed by atoms with E-state index in [9.17, 15) is 4.79 Å². The molecule has 0 spiro atoms. The normalized spacial score (nSPS) is 14.6. The number of aryl methyl sites for hydroxylation is 1. The fourth-order valence-electron chi connectivity index (χ4n) is 1.83. The largest absolute Gasteiger partial charge is 0.344 e. The molecule has 1 aromatic carbocycles. The predicted octanol–water partition coefficient (Wildman–Crippen LogP) is 1.75. The van der Waals surface area contributed by atoms with E-state index in [-0.39, 0.29) is 5.91 Å². The van der Waals surface area contributed by atoms with Crippen LogP contribution >= 0.6 is 0 Å². The molecule has 98 valence electrons. The number of carbonyl (C=O) groups excluding carboxylic acids is 1. The Hall–Kier alpha value is -1.35. The molecule has 0 radical (unpaired) electrons. The lowest BCUT2D eigenvalue weighted by molar-refractivity contribution is -0.128. The summed E-state index contributed by atoms with van der Waals surface area (Å²) in [7, 11) is 1.88. The minimum atomic E-state index is 0.189. The quantitative estimate of drug-likeness (QED) is 0.829. The number of likely N-dealkylation sites (N-methyl/N-ethyl adjacent to an activating group) is 1. The number of hydrogen-bond donors (Lipinski definition) is 1. The minimum absolute atomic E-state index is 0.189. The molecule has 1 N–H and O–H groups in total. The minimum Gasteiger partial charge on any atom is -0.344 e. The van der Waals surface area contributed by atoms with E-state index in [0.717, 1.165) is 13.0 Å². The van der Waals surface area contributed by atoms with Crippen molar-refractivity contribution in [1.82, 2.24) is 10.2 Å². The zero-order valence-corrected chi connectivity index (χ0v) is 11.3. The highest BCUT2D eigenvalue weighted by molar-refractivity contribution is 5.78. The molecule has 1 fully saturated rings. The number of carbonyl (C=O) groups is 1. The molecular formula is C15H22N2O. The van der Waals surface area contributed by atoms with Gasteiger partial charge in [0.15, 0.2) is 0 Å². The SMILES string of the molecule is Cc1ccc(CCN(C)C(=O)CNC2CC2)cc1. The van der Waals surface area contributed by atoms with E-state index in [4.69, 9.17) is 0 Å². The van der Waals surface area contributed by atoms with Crippen molar-refractivity contribution in [3.63, 3.8) is 0 Å². The molecule has 1 saturated carbocycles. The maximum atomic E-state index is 11.8. The van der Waals surface area contributed by atoms with Crippen LogP contribution in [0.25, 0.3) is 0 Å². The van der Waals surface area contributed by atoms with Crippen molar-refractivity contribution in [3.05, 3.63) is 35.4 Å². The molecule has 18 heavy (non-hydrogen) atoms. The lowest BCUT2D eigenvalue weighted by Crippen LogP contribution is -2.37. The van der Waals surface area contributed by atoms with Gasteiger partial charge < -0.3 is 10.2 Å².